The predicted octanol–water partition coefficient (Wildman–Crippen LogP) is 2.67. The fourth-order valence-corrected chi connectivity index (χ4v) is 2.70. The standard InChI is InChI=1S/C16H17F3N2O4/c1-9-10(2)21(24)15(20(9)3)13(8-14(22)23)11-4-6-12(7-5-11)25-16(17,18)19/h4-7,13H,8H2,1-3H3,(H-,22,23,24)/p+1. The molecule has 0 saturated carbocycles. The molecule has 6 nitrogen and oxygen atoms in total. The second-order valence-electron chi connectivity index (χ2n) is 5.67. The van der Waals surface area contributed by atoms with Crippen LogP contribution in [0.4, 0.5) is 13.2 Å². The topological polar surface area (TPSA) is 75.6 Å². The molecule has 0 saturated heterocycles. The van der Waals surface area contributed by atoms with Crippen LogP contribution in [0.3, 0.4) is 0 Å². The van der Waals surface area contributed by atoms with E-state index in [-0.39, 0.29) is 6.42 Å². The van der Waals surface area contributed by atoms with Gasteiger partial charge in [-0.25, -0.2) is 4.57 Å². The fourth-order valence-electron chi connectivity index (χ4n) is 2.70. The van der Waals surface area contributed by atoms with Gasteiger partial charge in [0.15, 0.2) is 5.69 Å². The zero-order chi connectivity index (χ0) is 18.9. The summed E-state index contributed by atoms with van der Waals surface area (Å²) in [6.45, 7) is 3.45. The number of rotatable bonds is 5. The van der Waals surface area contributed by atoms with Gasteiger partial charge in [-0.15, -0.1) is 13.2 Å². The number of aromatic nitrogens is 2. The normalized spacial score (nSPS) is 12.9. The minimum absolute atomic E-state index is 0.321. The van der Waals surface area contributed by atoms with Crippen molar-refractivity contribution in [3.8, 4) is 5.75 Å². The fraction of sp³-hybridized carbons (Fsp3) is 0.375. The summed E-state index contributed by atoms with van der Waals surface area (Å²) >= 11 is 0. The average molecular weight is 359 g/mol. The Kier molecular flexibility index (Phi) is 4.96. The first-order valence-electron chi connectivity index (χ1n) is 7.36. The molecule has 2 rings (SSSR count). The average Bonchev–Trinajstić information content (AvgIpc) is 2.68. The zero-order valence-corrected chi connectivity index (χ0v) is 13.8. The van der Waals surface area contributed by atoms with Crippen molar-refractivity contribution in [3.63, 3.8) is 0 Å². The SMILES string of the molecule is Cc1c(C)[n+](C)c(C(CC(=O)O)c2ccc(OC(F)(F)F)cc2)n1O. The number of benzene rings is 1. The molecule has 0 amide bonds. The highest BCUT2D eigenvalue weighted by Crippen LogP contribution is 2.30. The molecular weight excluding hydrogens is 341 g/mol. The maximum Gasteiger partial charge on any atom is 0.573 e. The van der Waals surface area contributed by atoms with E-state index >= 15 is 0 Å². The first-order chi connectivity index (χ1) is 11.5. The van der Waals surface area contributed by atoms with Gasteiger partial charge in [-0.3, -0.25) is 4.79 Å². The molecule has 1 aromatic carbocycles. The van der Waals surface area contributed by atoms with Crippen LogP contribution >= 0.6 is 0 Å². The second kappa shape index (κ2) is 6.66. The molecular formula is C16H18F3N2O4+. The lowest BCUT2D eigenvalue weighted by Gasteiger charge is -2.14. The molecule has 0 radical (unpaired) electrons. The van der Waals surface area contributed by atoms with Crippen LogP contribution in [0, 0.1) is 13.8 Å². The summed E-state index contributed by atoms with van der Waals surface area (Å²) < 4.78 is 43.1. The number of nitrogens with zero attached hydrogens (tertiary/aromatic N) is 2. The largest absolute Gasteiger partial charge is 0.573 e. The number of carboxylic acid groups (broad SMARTS) is 1. The van der Waals surface area contributed by atoms with E-state index in [1.54, 1.807) is 25.5 Å². The molecule has 0 aliphatic heterocycles. The molecule has 0 bridgehead atoms. The molecule has 1 unspecified atom stereocenters. The van der Waals surface area contributed by atoms with E-state index in [4.69, 9.17) is 0 Å². The molecule has 1 atom stereocenters. The van der Waals surface area contributed by atoms with Crippen LogP contribution in [-0.4, -0.2) is 27.4 Å². The van der Waals surface area contributed by atoms with Crippen LogP contribution in [-0.2, 0) is 11.8 Å². The number of hydrogen-bond acceptors (Lipinski definition) is 3. The maximum atomic E-state index is 12.3. The highest BCUT2D eigenvalue weighted by atomic mass is 19.4. The Morgan fingerprint density at radius 3 is 2.24 bits per heavy atom. The first-order valence-corrected chi connectivity index (χ1v) is 7.36. The Bertz CT molecular complexity index is 757. The van der Waals surface area contributed by atoms with E-state index in [2.05, 4.69) is 4.74 Å². The van der Waals surface area contributed by atoms with Gasteiger partial charge >= 0.3 is 18.2 Å². The van der Waals surface area contributed by atoms with Gasteiger partial charge in [0.2, 0.25) is 0 Å². The molecule has 1 aromatic heterocycles. The zero-order valence-electron chi connectivity index (χ0n) is 13.8. The van der Waals surface area contributed by atoms with Crippen molar-refractivity contribution in [2.45, 2.75) is 32.5 Å². The van der Waals surface area contributed by atoms with Gasteiger partial charge in [-0.2, -0.15) is 0 Å². The van der Waals surface area contributed by atoms with E-state index in [0.717, 1.165) is 22.6 Å². The molecule has 0 aliphatic carbocycles. The quantitative estimate of drug-likeness (QED) is 0.636. The van der Waals surface area contributed by atoms with Crippen LogP contribution in [0.2, 0.25) is 0 Å². The lowest BCUT2D eigenvalue weighted by Crippen LogP contribution is -2.37. The second-order valence-corrected chi connectivity index (χ2v) is 5.67. The monoisotopic (exact) mass is 359 g/mol. The third-order valence-corrected chi connectivity index (χ3v) is 4.11. The van der Waals surface area contributed by atoms with E-state index < -0.39 is 24.0 Å². The maximum absolute atomic E-state index is 12.3. The van der Waals surface area contributed by atoms with Crippen molar-refractivity contribution in [2.75, 3.05) is 0 Å². The molecule has 9 heteroatoms. The van der Waals surface area contributed by atoms with Crippen LogP contribution < -0.4 is 9.30 Å². The van der Waals surface area contributed by atoms with Crippen molar-refractivity contribution in [1.29, 1.82) is 0 Å². The van der Waals surface area contributed by atoms with Gasteiger partial charge in [0.1, 0.15) is 11.4 Å². The first kappa shape index (κ1) is 18.6. The van der Waals surface area contributed by atoms with E-state index in [0.29, 0.717) is 17.1 Å². The minimum Gasteiger partial charge on any atom is -0.481 e. The number of halogens is 3. The minimum atomic E-state index is -4.80. The number of hydrogen-bond donors (Lipinski definition) is 2. The predicted molar refractivity (Wildman–Crippen MR) is 79.5 cm³/mol. The van der Waals surface area contributed by atoms with E-state index in [1.807, 2.05) is 0 Å². The molecule has 2 N–H and O–H groups in total. The number of aliphatic carboxylic acids is 1. The van der Waals surface area contributed by atoms with Crippen molar-refractivity contribution < 1.29 is 37.6 Å². The Balaban J connectivity index is 2.46. The molecule has 0 fully saturated rings. The van der Waals surface area contributed by atoms with Gasteiger partial charge in [0.25, 0.3) is 0 Å². The summed E-state index contributed by atoms with van der Waals surface area (Å²) in [5.74, 6) is -1.93. The van der Waals surface area contributed by atoms with Gasteiger partial charge in [0, 0.05) is 13.8 Å². The summed E-state index contributed by atoms with van der Waals surface area (Å²) in [4.78, 5) is 11.3. The summed E-state index contributed by atoms with van der Waals surface area (Å²) in [6, 6.07) is 4.93. The molecule has 0 spiro atoms. The smallest absolute Gasteiger partial charge is 0.481 e. The molecule has 25 heavy (non-hydrogen) atoms. The van der Waals surface area contributed by atoms with Gasteiger partial charge in [0.05, 0.1) is 19.4 Å². The van der Waals surface area contributed by atoms with Crippen molar-refractivity contribution in [1.82, 2.24) is 4.73 Å². The summed E-state index contributed by atoms with van der Waals surface area (Å²) in [5, 5.41) is 19.5. The molecule has 136 valence electrons. The number of imidazole rings is 1. The summed E-state index contributed by atoms with van der Waals surface area (Å²) in [6.07, 6.45) is -5.14. The summed E-state index contributed by atoms with van der Waals surface area (Å²) in [7, 11) is 1.68. The highest BCUT2D eigenvalue weighted by Gasteiger charge is 2.35. The molecule has 2 aromatic rings. The van der Waals surface area contributed by atoms with Gasteiger partial charge in [-0.05, 0) is 22.4 Å². The van der Waals surface area contributed by atoms with Gasteiger partial charge < -0.3 is 15.1 Å². The summed E-state index contributed by atoms with van der Waals surface area (Å²) in [5.41, 5.74) is 1.73. The lowest BCUT2D eigenvalue weighted by atomic mass is 9.94. The van der Waals surface area contributed by atoms with Crippen LogP contribution in [0.25, 0.3) is 0 Å². The van der Waals surface area contributed by atoms with Crippen LogP contribution in [0.5, 0.6) is 5.75 Å². The Morgan fingerprint density at radius 2 is 1.84 bits per heavy atom. The number of alkyl halides is 3. The van der Waals surface area contributed by atoms with Crippen molar-refractivity contribution in [2.24, 2.45) is 7.05 Å². The van der Waals surface area contributed by atoms with Crippen molar-refractivity contribution >= 4 is 5.97 Å². The van der Waals surface area contributed by atoms with E-state index in [1.165, 1.54) is 12.1 Å². The Hall–Kier alpha value is -2.71. The molecule has 1 heterocycles. The van der Waals surface area contributed by atoms with Crippen LogP contribution in [0.1, 0.15) is 35.1 Å². The van der Waals surface area contributed by atoms with Gasteiger partial charge in [-0.1, -0.05) is 12.1 Å². The highest BCUT2D eigenvalue weighted by molar-refractivity contribution is 5.68. The number of ether oxygens (including phenoxy) is 1. The number of carbonyl (C=O) groups is 1. The Labute approximate surface area is 141 Å². The molecule has 0 aliphatic rings. The lowest BCUT2D eigenvalue weighted by molar-refractivity contribution is -0.686. The van der Waals surface area contributed by atoms with E-state index in [9.17, 15) is 28.3 Å². The third-order valence-electron chi connectivity index (χ3n) is 4.11. The Morgan fingerprint density at radius 1 is 1.28 bits per heavy atom. The third kappa shape index (κ3) is 4.04. The van der Waals surface area contributed by atoms with Crippen molar-refractivity contribution in [3.05, 3.63) is 47.0 Å². The van der Waals surface area contributed by atoms with Crippen LogP contribution in [0.15, 0.2) is 24.3 Å². The number of carboxylic acids is 1.